The molecule has 1 rings (SSSR count). The average Bonchev–Trinajstić information content (AvgIpc) is 2.61. The van der Waals surface area contributed by atoms with Gasteiger partial charge in [0.25, 0.3) is 0 Å². The zero-order valence-corrected chi connectivity index (χ0v) is 14.7. The smallest absolute Gasteiger partial charge is 0.242 e. The first-order chi connectivity index (χ1) is 11.6. The maximum absolute atomic E-state index is 12.5. The SMILES string of the molecule is CNC(=O)[C@H](CCCCN)NC(=O)[C@H](CCc1ccccc1)NC. The number of likely N-dealkylation sites (N-methyl/N-ethyl adjacent to an activating group) is 2. The molecule has 0 spiro atoms. The number of unbranched alkanes of at least 4 members (excludes halogenated alkanes) is 1. The summed E-state index contributed by atoms with van der Waals surface area (Å²) < 4.78 is 0. The topological polar surface area (TPSA) is 96.2 Å². The summed E-state index contributed by atoms with van der Waals surface area (Å²) in [5.41, 5.74) is 6.68. The molecule has 0 fully saturated rings. The fourth-order valence-electron chi connectivity index (χ4n) is 2.57. The highest BCUT2D eigenvalue weighted by Crippen LogP contribution is 2.07. The van der Waals surface area contributed by atoms with Crippen molar-refractivity contribution in [1.29, 1.82) is 0 Å². The summed E-state index contributed by atoms with van der Waals surface area (Å²) in [4.78, 5) is 24.4. The molecule has 24 heavy (non-hydrogen) atoms. The summed E-state index contributed by atoms with van der Waals surface area (Å²) in [5, 5.41) is 8.50. The van der Waals surface area contributed by atoms with E-state index in [-0.39, 0.29) is 17.9 Å². The second-order valence-electron chi connectivity index (χ2n) is 5.83. The van der Waals surface area contributed by atoms with Crippen molar-refractivity contribution < 1.29 is 9.59 Å². The zero-order valence-electron chi connectivity index (χ0n) is 14.7. The van der Waals surface area contributed by atoms with Gasteiger partial charge < -0.3 is 21.7 Å². The molecule has 6 nitrogen and oxygen atoms in total. The molecule has 0 aliphatic carbocycles. The van der Waals surface area contributed by atoms with Crippen LogP contribution in [0, 0.1) is 0 Å². The number of amides is 2. The Morgan fingerprint density at radius 2 is 1.71 bits per heavy atom. The van der Waals surface area contributed by atoms with Crippen LogP contribution in [0.1, 0.15) is 31.2 Å². The Bertz CT molecular complexity index is 493. The molecule has 0 heterocycles. The first kappa shape index (κ1) is 20.1. The molecule has 1 aromatic carbocycles. The molecule has 6 heteroatoms. The first-order valence-electron chi connectivity index (χ1n) is 8.55. The standard InChI is InChI=1S/C18H30N4O2/c1-20-15(12-11-14-8-4-3-5-9-14)18(24)22-16(17(23)21-2)10-6-7-13-19/h3-5,8-9,15-16,20H,6-7,10-13,19H2,1-2H3,(H,21,23)(H,22,24)/t15-,16-/m0/s1. The van der Waals surface area contributed by atoms with Crippen molar-refractivity contribution in [3.05, 3.63) is 35.9 Å². The number of rotatable bonds is 11. The van der Waals surface area contributed by atoms with Gasteiger partial charge in [-0.3, -0.25) is 9.59 Å². The number of nitrogens with one attached hydrogen (secondary N) is 3. The van der Waals surface area contributed by atoms with Crippen molar-refractivity contribution in [3.8, 4) is 0 Å². The number of hydrogen-bond donors (Lipinski definition) is 4. The van der Waals surface area contributed by atoms with Crippen molar-refractivity contribution in [2.24, 2.45) is 5.73 Å². The van der Waals surface area contributed by atoms with Crippen molar-refractivity contribution >= 4 is 11.8 Å². The summed E-state index contributed by atoms with van der Waals surface area (Å²) in [7, 11) is 3.34. The zero-order chi connectivity index (χ0) is 17.8. The van der Waals surface area contributed by atoms with E-state index in [1.165, 1.54) is 5.56 Å². The molecular formula is C18H30N4O2. The Kier molecular flexibility index (Phi) is 9.72. The number of carbonyl (C=O) groups is 2. The summed E-state index contributed by atoms with van der Waals surface area (Å²) >= 11 is 0. The van der Waals surface area contributed by atoms with Gasteiger partial charge in [-0.15, -0.1) is 0 Å². The van der Waals surface area contributed by atoms with E-state index < -0.39 is 6.04 Å². The van der Waals surface area contributed by atoms with Gasteiger partial charge in [0, 0.05) is 7.05 Å². The van der Waals surface area contributed by atoms with Crippen LogP contribution < -0.4 is 21.7 Å². The Morgan fingerprint density at radius 3 is 2.29 bits per heavy atom. The molecular weight excluding hydrogens is 304 g/mol. The largest absolute Gasteiger partial charge is 0.357 e. The fourth-order valence-corrected chi connectivity index (χ4v) is 2.57. The Balaban J connectivity index is 2.56. The average molecular weight is 334 g/mol. The molecule has 0 aromatic heterocycles. The van der Waals surface area contributed by atoms with Crippen LogP contribution in [0.2, 0.25) is 0 Å². The molecule has 0 aliphatic heterocycles. The van der Waals surface area contributed by atoms with E-state index in [4.69, 9.17) is 5.73 Å². The summed E-state index contributed by atoms with van der Waals surface area (Å²) in [6.07, 6.45) is 3.72. The van der Waals surface area contributed by atoms with Crippen LogP contribution in [-0.2, 0) is 16.0 Å². The highest BCUT2D eigenvalue weighted by Gasteiger charge is 2.23. The predicted octanol–water partition coefficient (Wildman–Crippen LogP) is 0.567. The Hall–Kier alpha value is -1.92. The first-order valence-corrected chi connectivity index (χ1v) is 8.55. The number of aryl methyl sites for hydroxylation is 1. The molecule has 134 valence electrons. The van der Waals surface area contributed by atoms with E-state index in [2.05, 4.69) is 16.0 Å². The van der Waals surface area contributed by atoms with Gasteiger partial charge in [-0.25, -0.2) is 0 Å². The van der Waals surface area contributed by atoms with Gasteiger partial charge in [0.05, 0.1) is 6.04 Å². The second kappa shape index (κ2) is 11.6. The third-order valence-corrected chi connectivity index (χ3v) is 4.06. The molecule has 0 bridgehead atoms. The summed E-state index contributed by atoms with van der Waals surface area (Å²) in [6, 6.07) is 9.20. The second-order valence-corrected chi connectivity index (χ2v) is 5.83. The van der Waals surface area contributed by atoms with Crippen molar-refractivity contribution in [3.63, 3.8) is 0 Å². The fraction of sp³-hybridized carbons (Fsp3) is 0.556. The number of nitrogens with two attached hydrogens (primary N) is 1. The van der Waals surface area contributed by atoms with Gasteiger partial charge in [-0.05, 0) is 51.3 Å². The highest BCUT2D eigenvalue weighted by atomic mass is 16.2. The molecule has 1 aromatic rings. The monoisotopic (exact) mass is 334 g/mol. The van der Waals surface area contributed by atoms with E-state index in [0.29, 0.717) is 19.4 Å². The lowest BCUT2D eigenvalue weighted by molar-refractivity contribution is -0.130. The van der Waals surface area contributed by atoms with Gasteiger partial charge in [0.2, 0.25) is 11.8 Å². The number of carbonyl (C=O) groups excluding carboxylic acids is 2. The van der Waals surface area contributed by atoms with Crippen molar-refractivity contribution in [2.75, 3.05) is 20.6 Å². The molecule has 0 aliphatic rings. The minimum Gasteiger partial charge on any atom is -0.357 e. The summed E-state index contributed by atoms with van der Waals surface area (Å²) in [6.45, 7) is 0.588. The van der Waals surface area contributed by atoms with E-state index >= 15 is 0 Å². The lowest BCUT2D eigenvalue weighted by Crippen LogP contribution is -2.51. The van der Waals surface area contributed by atoms with Crippen molar-refractivity contribution in [1.82, 2.24) is 16.0 Å². The number of hydrogen-bond acceptors (Lipinski definition) is 4. The van der Waals surface area contributed by atoms with Crippen LogP contribution in [-0.4, -0.2) is 44.5 Å². The quantitative estimate of drug-likeness (QED) is 0.445. The lowest BCUT2D eigenvalue weighted by Gasteiger charge is -2.21. The Morgan fingerprint density at radius 1 is 1.00 bits per heavy atom. The minimum absolute atomic E-state index is 0.144. The molecule has 0 radical (unpaired) electrons. The van der Waals surface area contributed by atoms with Crippen LogP contribution in [0.3, 0.4) is 0 Å². The van der Waals surface area contributed by atoms with Crippen LogP contribution in [0.5, 0.6) is 0 Å². The van der Waals surface area contributed by atoms with Gasteiger partial charge in [0.1, 0.15) is 6.04 Å². The van der Waals surface area contributed by atoms with E-state index in [9.17, 15) is 9.59 Å². The predicted molar refractivity (Wildman–Crippen MR) is 96.5 cm³/mol. The maximum atomic E-state index is 12.5. The highest BCUT2D eigenvalue weighted by molar-refractivity contribution is 5.89. The van der Waals surface area contributed by atoms with Crippen molar-refractivity contribution in [2.45, 2.75) is 44.2 Å². The molecule has 2 amide bonds. The van der Waals surface area contributed by atoms with Gasteiger partial charge in [0.15, 0.2) is 0 Å². The van der Waals surface area contributed by atoms with E-state index in [0.717, 1.165) is 19.3 Å². The van der Waals surface area contributed by atoms with Crippen LogP contribution >= 0.6 is 0 Å². The molecule has 0 unspecified atom stereocenters. The van der Waals surface area contributed by atoms with Gasteiger partial charge >= 0.3 is 0 Å². The van der Waals surface area contributed by atoms with Crippen LogP contribution in [0.15, 0.2) is 30.3 Å². The molecule has 0 saturated carbocycles. The summed E-state index contributed by atoms with van der Waals surface area (Å²) in [5.74, 6) is -0.312. The van der Waals surface area contributed by atoms with Gasteiger partial charge in [-0.2, -0.15) is 0 Å². The van der Waals surface area contributed by atoms with E-state index in [1.807, 2.05) is 30.3 Å². The normalized spacial score (nSPS) is 13.1. The third-order valence-electron chi connectivity index (χ3n) is 4.06. The third kappa shape index (κ3) is 7.10. The molecule has 2 atom stereocenters. The lowest BCUT2D eigenvalue weighted by atomic mass is 10.0. The maximum Gasteiger partial charge on any atom is 0.242 e. The Labute approximate surface area is 144 Å². The minimum atomic E-state index is -0.512. The van der Waals surface area contributed by atoms with Gasteiger partial charge in [-0.1, -0.05) is 30.3 Å². The molecule has 0 saturated heterocycles. The van der Waals surface area contributed by atoms with Crippen LogP contribution in [0.25, 0.3) is 0 Å². The van der Waals surface area contributed by atoms with E-state index in [1.54, 1.807) is 14.1 Å². The number of benzene rings is 1. The van der Waals surface area contributed by atoms with Crippen LogP contribution in [0.4, 0.5) is 0 Å². The molecule has 5 N–H and O–H groups in total.